The van der Waals surface area contributed by atoms with Crippen molar-refractivity contribution in [2.24, 2.45) is 0 Å². The fourth-order valence-electron chi connectivity index (χ4n) is 4.51. The van der Waals surface area contributed by atoms with E-state index in [0.29, 0.717) is 6.04 Å². The molecular formula is C22H29N5OS2. The minimum absolute atomic E-state index is 0.589. The molecule has 2 fully saturated rings. The van der Waals surface area contributed by atoms with Gasteiger partial charge in [0, 0.05) is 41.5 Å². The van der Waals surface area contributed by atoms with Gasteiger partial charge in [-0.3, -0.25) is 9.80 Å². The summed E-state index contributed by atoms with van der Waals surface area (Å²) in [5.41, 5.74) is 1.25. The number of hydrogen-bond acceptors (Lipinski definition) is 8. The van der Waals surface area contributed by atoms with Crippen molar-refractivity contribution >= 4 is 38.7 Å². The van der Waals surface area contributed by atoms with Gasteiger partial charge in [-0.25, -0.2) is 9.97 Å². The molecule has 3 aromatic heterocycles. The number of likely N-dealkylation sites (tertiary alicyclic amines) is 1. The minimum atomic E-state index is 0.589. The zero-order valence-electron chi connectivity index (χ0n) is 17.5. The highest BCUT2D eigenvalue weighted by Gasteiger charge is 2.24. The van der Waals surface area contributed by atoms with E-state index in [0.717, 1.165) is 62.4 Å². The Balaban J connectivity index is 1.46. The smallest absolute Gasteiger partial charge is 0.146 e. The number of thiophene rings is 2. The number of nitrogens with one attached hydrogen (secondary N) is 1. The third-order valence-electron chi connectivity index (χ3n) is 6.15. The topological polar surface area (TPSA) is 53.5 Å². The second-order valence-electron chi connectivity index (χ2n) is 7.99. The van der Waals surface area contributed by atoms with E-state index in [9.17, 15) is 0 Å². The highest BCUT2D eigenvalue weighted by molar-refractivity contribution is 7.18. The van der Waals surface area contributed by atoms with Crippen LogP contribution in [0.4, 0.5) is 5.82 Å². The minimum Gasteiger partial charge on any atom is -0.379 e. The molecule has 0 spiro atoms. The monoisotopic (exact) mass is 443 g/mol. The van der Waals surface area contributed by atoms with Gasteiger partial charge >= 0.3 is 0 Å². The number of rotatable bonds is 7. The first-order valence-electron chi connectivity index (χ1n) is 10.9. The van der Waals surface area contributed by atoms with Gasteiger partial charge in [-0.2, -0.15) is 0 Å². The number of ether oxygens (including phenoxy) is 1. The molecule has 0 aromatic carbocycles. The van der Waals surface area contributed by atoms with Crippen LogP contribution in [0.2, 0.25) is 0 Å². The van der Waals surface area contributed by atoms with Gasteiger partial charge in [0.25, 0.3) is 0 Å². The number of morpholine rings is 1. The lowest BCUT2D eigenvalue weighted by molar-refractivity contribution is 0.0331. The molecule has 1 atom stereocenters. The van der Waals surface area contributed by atoms with Crippen molar-refractivity contribution in [3.63, 3.8) is 0 Å². The maximum absolute atomic E-state index is 5.50. The first-order chi connectivity index (χ1) is 14.8. The molecule has 5 heterocycles. The predicted molar refractivity (Wildman–Crippen MR) is 126 cm³/mol. The van der Waals surface area contributed by atoms with Gasteiger partial charge in [-0.05, 0) is 37.4 Å². The van der Waals surface area contributed by atoms with Crippen molar-refractivity contribution in [1.82, 2.24) is 19.8 Å². The molecule has 0 radical (unpaired) electrons. The van der Waals surface area contributed by atoms with Crippen LogP contribution in [0.5, 0.6) is 0 Å². The van der Waals surface area contributed by atoms with Crippen LogP contribution < -0.4 is 5.32 Å². The Morgan fingerprint density at radius 1 is 1.20 bits per heavy atom. The maximum Gasteiger partial charge on any atom is 0.146 e. The lowest BCUT2D eigenvalue weighted by Crippen LogP contribution is -2.36. The summed E-state index contributed by atoms with van der Waals surface area (Å²) in [6.07, 6.45) is 2.55. The fraction of sp³-hybridized carbons (Fsp3) is 0.545. The van der Waals surface area contributed by atoms with Crippen LogP contribution in [-0.4, -0.2) is 71.7 Å². The second-order valence-corrected chi connectivity index (χ2v) is 9.80. The van der Waals surface area contributed by atoms with Crippen molar-refractivity contribution in [1.29, 1.82) is 0 Å². The van der Waals surface area contributed by atoms with Crippen LogP contribution in [0.3, 0.4) is 0 Å². The van der Waals surface area contributed by atoms with E-state index in [2.05, 4.69) is 44.9 Å². The van der Waals surface area contributed by atoms with Crippen molar-refractivity contribution in [2.75, 3.05) is 51.3 Å². The number of nitrogens with zero attached hydrogens (tertiary/aromatic N) is 4. The van der Waals surface area contributed by atoms with Crippen LogP contribution in [0.1, 0.15) is 25.6 Å². The summed E-state index contributed by atoms with van der Waals surface area (Å²) in [7, 11) is 0. The number of likely N-dealkylation sites (N-methyl/N-ethyl adjacent to an activating group) is 1. The Bertz CT molecular complexity index is 967. The van der Waals surface area contributed by atoms with Crippen LogP contribution in [0.15, 0.2) is 22.9 Å². The number of hydrogen-bond donors (Lipinski definition) is 1. The predicted octanol–water partition coefficient (Wildman–Crippen LogP) is 4.15. The third kappa shape index (κ3) is 4.24. The molecule has 2 saturated heterocycles. The fourth-order valence-corrected chi connectivity index (χ4v) is 6.29. The van der Waals surface area contributed by atoms with Crippen LogP contribution in [-0.2, 0) is 11.3 Å². The Morgan fingerprint density at radius 2 is 2.10 bits per heavy atom. The summed E-state index contributed by atoms with van der Waals surface area (Å²) in [5, 5.41) is 9.29. The van der Waals surface area contributed by atoms with E-state index in [1.165, 1.54) is 35.2 Å². The molecule has 0 amide bonds. The Morgan fingerprint density at radius 3 is 2.90 bits per heavy atom. The maximum atomic E-state index is 5.50. The van der Waals surface area contributed by atoms with Gasteiger partial charge in [0.15, 0.2) is 0 Å². The first kappa shape index (κ1) is 20.3. The van der Waals surface area contributed by atoms with Crippen molar-refractivity contribution in [2.45, 2.75) is 32.4 Å². The molecule has 1 unspecified atom stereocenters. The van der Waals surface area contributed by atoms with Crippen molar-refractivity contribution in [3.8, 4) is 10.4 Å². The number of anilines is 1. The second kappa shape index (κ2) is 9.28. The van der Waals surface area contributed by atoms with Gasteiger partial charge in [0.1, 0.15) is 16.5 Å². The highest BCUT2D eigenvalue weighted by atomic mass is 32.1. The normalized spacial score (nSPS) is 20.9. The van der Waals surface area contributed by atoms with Gasteiger partial charge in [-0.15, -0.1) is 22.7 Å². The third-order valence-corrected chi connectivity index (χ3v) is 7.92. The molecule has 6 nitrogen and oxygen atoms in total. The van der Waals surface area contributed by atoms with Crippen LogP contribution in [0.25, 0.3) is 20.7 Å². The van der Waals surface area contributed by atoms with Gasteiger partial charge < -0.3 is 10.1 Å². The molecule has 2 aliphatic heterocycles. The standard InChI is InChI=1S/C22H29N5OS2/c1-2-27-7-3-5-16(27)13-23-21-20-17(18-6-4-12-29-18)15-30-22(20)25-19(24-21)14-26-8-10-28-11-9-26/h4,6,12,15-16H,2-3,5,7-11,13-14H2,1H3,(H,23,24,25). The molecule has 2 aliphatic rings. The van der Waals surface area contributed by atoms with Crippen LogP contribution in [0, 0.1) is 0 Å². The molecule has 0 aliphatic carbocycles. The largest absolute Gasteiger partial charge is 0.379 e. The summed E-state index contributed by atoms with van der Waals surface area (Å²) in [5.74, 6) is 1.90. The van der Waals surface area contributed by atoms with Gasteiger partial charge in [-0.1, -0.05) is 13.0 Å². The average molecular weight is 444 g/mol. The lowest BCUT2D eigenvalue weighted by atomic mass is 10.2. The highest BCUT2D eigenvalue weighted by Crippen LogP contribution is 2.39. The summed E-state index contributed by atoms with van der Waals surface area (Å²) < 4.78 is 5.50. The van der Waals surface area contributed by atoms with E-state index in [1.54, 1.807) is 22.7 Å². The van der Waals surface area contributed by atoms with E-state index < -0.39 is 0 Å². The zero-order chi connectivity index (χ0) is 20.3. The molecule has 8 heteroatoms. The molecule has 1 N–H and O–H groups in total. The Hall–Kier alpha value is -1.58. The molecule has 5 rings (SSSR count). The molecule has 0 saturated carbocycles. The molecule has 3 aromatic rings. The van der Waals surface area contributed by atoms with E-state index in [1.807, 2.05) is 0 Å². The van der Waals surface area contributed by atoms with Crippen molar-refractivity contribution in [3.05, 3.63) is 28.7 Å². The van der Waals surface area contributed by atoms with E-state index in [4.69, 9.17) is 14.7 Å². The van der Waals surface area contributed by atoms with Crippen molar-refractivity contribution < 1.29 is 4.74 Å². The van der Waals surface area contributed by atoms with E-state index >= 15 is 0 Å². The summed E-state index contributed by atoms with van der Waals surface area (Å²) in [6.45, 7) is 9.80. The molecule has 160 valence electrons. The summed E-state index contributed by atoms with van der Waals surface area (Å²) >= 11 is 3.50. The van der Waals surface area contributed by atoms with Gasteiger partial charge in [0.05, 0.1) is 25.1 Å². The number of fused-ring (bicyclic) bond motifs is 1. The first-order valence-corrected chi connectivity index (χ1v) is 12.7. The Kier molecular flexibility index (Phi) is 6.29. The van der Waals surface area contributed by atoms with Crippen LogP contribution >= 0.6 is 22.7 Å². The average Bonchev–Trinajstić information content (AvgIpc) is 3.52. The molecular weight excluding hydrogens is 414 g/mol. The Labute approximate surface area is 185 Å². The number of aromatic nitrogens is 2. The lowest BCUT2D eigenvalue weighted by Gasteiger charge is -2.26. The van der Waals surface area contributed by atoms with Gasteiger partial charge in [0.2, 0.25) is 0 Å². The zero-order valence-corrected chi connectivity index (χ0v) is 19.1. The molecule has 0 bridgehead atoms. The summed E-state index contributed by atoms with van der Waals surface area (Å²) in [4.78, 5) is 17.3. The van der Waals surface area contributed by atoms with E-state index in [-0.39, 0.29) is 0 Å². The SMILES string of the molecule is CCN1CCCC1CNc1nc(CN2CCOCC2)nc2scc(-c3cccs3)c12. The molecule has 30 heavy (non-hydrogen) atoms. The summed E-state index contributed by atoms with van der Waals surface area (Å²) in [6, 6.07) is 4.89. The quantitative estimate of drug-likeness (QED) is 0.592.